The number of nitrogens with one attached hydrogen (secondary N) is 1. The van der Waals surface area contributed by atoms with Gasteiger partial charge in [-0.1, -0.05) is 30.3 Å². The summed E-state index contributed by atoms with van der Waals surface area (Å²) in [6, 6.07) is 12.9. The van der Waals surface area contributed by atoms with Gasteiger partial charge in [-0.25, -0.2) is 4.79 Å². The van der Waals surface area contributed by atoms with E-state index in [2.05, 4.69) is 10.1 Å². The Morgan fingerprint density at radius 1 is 1.19 bits per heavy atom. The molecule has 1 N–H and O–H groups in total. The van der Waals surface area contributed by atoms with Crippen LogP contribution in [0.25, 0.3) is 0 Å². The van der Waals surface area contributed by atoms with Gasteiger partial charge in [-0.05, 0) is 42.7 Å². The van der Waals surface area contributed by atoms with Gasteiger partial charge in [0.15, 0.2) is 0 Å². The van der Waals surface area contributed by atoms with E-state index < -0.39 is 12.4 Å². The van der Waals surface area contributed by atoms with E-state index in [0.29, 0.717) is 17.7 Å². The minimum atomic E-state index is -4.76. The summed E-state index contributed by atoms with van der Waals surface area (Å²) < 4.78 is 46.8. The fourth-order valence-electron chi connectivity index (χ4n) is 3.17. The number of benzene rings is 2. The highest BCUT2D eigenvalue weighted by Gasteiger charge is 2.35. The summed E-state index contributed by atoms with van der Waals surface area (Å²) in [5.74, 6) is -0.915. The van der Waals surface area contributed by atoms with E-state index in [9.17, 15) is 18.0 Å². The summed E-state index contributed by atoms with van der Waals surface area (Å²) in [7, 11) is 0. The zero-order valence-corrected chi connectivity index (χ0v) is 14.0. The molecule has 26 heavy (non-hydrogen) atoms. The summed E-state index contributed by atoms with van der Waals surface area (Å²) in [5.41, 5.74) is 2.16. The molecular formula is C19H18F3NO3. The van der Waals surface area contributed by atoms with Gasteiger partial charge in [0, 0.05) is 11.6 Å². The molecule has 0 radical (unpaired) electrons. The zero-order valence-electron chi connectivity index (χ0n) is 14.0. The second kappa shape index (κ2) is 7.27. The number of hydrogen-bond acceptors (Lipinski definition) is 4. The number of carbonyl (C=O) groups is 1. The highest BCUT2D eigenvalue weighted by molar-refractivity contribution is 5.81. The molecule has 1 aliphatic rings. The summed E-state index contributed by atoms with van der Waals surface area (Å²) in [6.07, 6.45) is -4.38. The Morgan fingerprint density at radius 3 is 2.58 bits per heavy atom. The number of ether oxygens (including phenoxy) is 2. The van der Waals surface area contributed by atoms with Gasteiger partial charge in [0.1, 0.15) is 11.8 Å². The van der Waals surface area contributed by atoms with Gasteiger partial charge < -0.3 is 14.8 Å². The van der Waals surface area contributed by atoms with Crippen molar-refractivity contribution >= 4 is 11.7 Å². The number of anilines is 1. The first kappa shape index (κ1) is 18.1. The van der Waals surface area contributed by atoms with Crippen molar-refractivity contribution in [1.82, 2.24) is 0 Å². The Balaban J connectivity index is 1.99. The van der Waals surface area contributed by atoms with Gasteiger partial charge in [0.25, 0.3) is 0 Å². The molecule has 0 fully saturated rings. The molecule has 0 spiro atoms. The van der Waals surface area contributed by atoms with Crippen molar-refractivity contribution in [2.24, 2.45) is 0 Å². The second-order valence-corrected chi connectivity index (χ2v) is 5.94. The molecule has 0 amide bonds. The molecule has 0 bridgehead atoms. The molecule has 0 aromatic heterocycles. The number of rotatable bonds is 4. The van der Waals surface area contributed by atoms with Crippen LogP contribution in [0.1, 0.15) is 30.4 Å². The van der Waals surface area contributed by atoms with Crippen LogP contribution in [-0.4, -0.2) is 25.0 Å². The average Bonchev–Trinajstić information content (AvgIpc) is 2.60. The van der Waals surface area contributed by atoms with Gasteiger partial charge >= 0.3 is 12.3 Å². The molecule has 0 aliphatic carbocycles. The van der Waals surface area contributed by atoms with Crippen LogP contribution in [0.3, 0.4) is 0 Å². The van der Waals surface area contributed by atoms with Crippen molar-refractivity contribution in [2.45, 2.75) is 31.7 Å². The number of halogens is 3. The molecule has 4 nitrogen and oxygen atoms in total. The Hall–Kier alpha value is -2.70. The maximum absolute atomic E-state index is 12.5. The number of hydrogen-bond donors (Lipinski definition) is 1. The quantitative estimate of drug-likeness (QED) is 0.813. The minimum absolute atomic E-state index is 0.251. The first-order valence-electron chi connectivity index (χ1n) is 8.25. The first-order valence-corrected chi connectivity index (χ1v) is 8.25. The van der Waals surface area contributed by atoms with Crippen LogP contribution in [0.4, 0.5) is 18.9 Å². The van der Waals surface area contributed by atoms with Gasteiger partial charge in [-0.2, -0.15) is 0 Å². The summed E-state index contributed by atoms with van der Waals surface area (Å²) in [4.78, 5) is 12.2. The predicted molar refractivity (Wildman–Crippen MR) is 90.1 cm³/mol. The number of esters is 1. The fraction of sp³-hybridized carbons (Fsp3) is 0.316. The first-order chi connectivity index (χ1) is 12.4. The predicted octanol–water partition coefficient (Wildman–Crippen LogP) is 4.46. The lowest BCUT2D eigenvalue weighted by molar-refractivity contribution is -0.274. The smallest absolute Gasteiger partial charge is 0.464 e. The molecule has 7 heteroatoms. The van der Waals surface area contributed by atoms with E-state index >= 15 is 0 Å². The molecule has 2 unspecified atom stereocenters. The van der Waals surface area contributed by atoms with Crippen molar-refractivity contribution in [3.63, 3.8) is 0 Å². The van der Waals surface area contributed by atoms with E-state index in [1.165, 1.54) is 18.2 Å². The van der Waals surface area contributed by atoms with Crippen LogP contribution in [0.2, 0.25) is 0 Å². The summed E-state index contributed by atoms with van der Waals surface area (Å²) in [5, 5.41) is 3.06. The van der Waals surface area contributed by atoms with Crippen LogP contribution in [0.5, 0.6) is 5.75 Å². The molecule has 0 saturated heterocycles. The molecular weight excluding hydrogens is 347 g/mol. The van der Waals surface area contributed by atoms with Crippen LogP contribution in [0.15, 0.2) is 48.5 Å². The topological polar surface area (TPSA) is 47.6 Å². The third-order valence-electron chi connectivity index (χ3n) is 4.21. The minimum Gasteiger partial charge on any atom is -0.464 e. The van der Waals surface area contributed by atoms with Gasteiger partial charge in [-0.3, -0.25) is 0 Å². The molecule has 1 heterocycles. The molecule has 2 aromatic carbocycles. The van der Waals surface area contributed by atoms with Gasteiger partial charge in [-0.15, -0.1) is 13.2 Å². The van der Waals surface area contributed by atoms with Crippen LogP contribution in [0, 0.1) is 0 Å². The largest absolute Gasteiger partial charge is 0.573 e. The molecule has 2 atom stereocenters. The van der Waals surface area contributed by atoms with E-state index in [1.807, 2.05) is 30.3 Å². The lowest BCUT2D eigenvalue weighted by Gasteiger charge is -2.32. The molecule has 2 aromatic rings. The van der Waals surface area contributed by atoms with Crippen molar-refractivity contribution < 1.29 is 27.4 Å². The SMILES string of the molecule is CCOC(=O)C1CC(c2ccccc2)c2cc(OC(F)(F)F)ccc2N1. The Kier molecular flexibility index (Phi) is 5.06. The van der Waals surface area contributed by atoms with Gasteiger partial charge in [0.2, 0.25) is 0 Å². The normalized spacial score (nSPS) is 19.2. The number of carbonyl (C=O) groups excluding carboxylic acids is 1. The van der Waals surface area contributed by atoms with Crippen LogP contribution < -0.4 is 10.1 Å². The standard InChI is InChI=1S/C19H18F3NO3/c1-2-25-18(24)17-11-14(12-6-4-3-5-7-12)15-10-13(26-19(20,21)22)8-9-16(15)23-17/h3-10,14,17,23H,2,11H2,1H3. The number of alkyl halides is 3. The Morgan fingerprint density at radius 2 is 1.92 bits per heavy atom. The molecule has 1 aliphatic heterocycles. The Labute approximate surface area is 148 Å². The van der Waals surface area contributed by atoms with E-state index in [1.54, 1.807) is 6.92 Å². The lowest BCUT2D eigenvalue weighted by atomic mass is 9.82. The molecule has 3 rings (SSSR count). The highest BCUT2D eigenvalue weighted by atomic mass is 19.4. The third kappa shape index (κ3) is 4.09. The highest BCUT2D eigenvalue weighted by Crippen LogP contribution is 2.41. The second-order valence-electron chi connectivity index (χ2n) is 5.94. The van der Waals surface area contributed by atoms with Gasteiger partial charge in [0.05, 0.1) is 6.61 Å². The summed E-state index contributed by atoms with van der Waals surface area (Å²) in [6.45, 7) is 1.99. The average molecular weight is 365 g/mol. The maximum atomic E-state index is 12.5. The summed E-state index contributed by atoms with van der Waals surface area (Å²) >= 11 is 0. The van der Waals surface area contributed by atoms with E-state index in [-0.39, 0.29) is 24.2 Å². The van der Waals surface area contributed by atoms with Crippen LogP contribution in [-0.2, 0) is 9.53 Å². The monoisotopic (exact) mass is 365 g/mol. The third-order valence-corrected chi connectivity index (χ3v) is 4.21. The zero-order chi connectivity index (χ0) is 18.7. The molecule has 138 valence electrons. The molecule has 0 saturated carbocycles. The van der Waals surface area contributed by atoms with E-state index in [4.69, 9.17) is 4.74 Å². The van der Waals surface area contributed by atoms with Crippen molar-refractivity contribution in [3.05, 3.63) is 59.7 Å². The van der Waals surface area contributed by atoms with Crippen molar-refractivity contribution in [1.29, 1.82) is 0 Å². The van der Waals surface area contributed by atoms with E-state index in [0.717, 1.165) is 5.56 Å². The van der Waals surface area contributed by atoms with Crippen molar-refractivity contribution in [3.8, 4) is 5.75 Å². The Bertz CT molecular complexity index is 777. The lowest BCUT2D eigenvalue weighted by Crippen LogP contribution is -2.37. The van der Waals surface area contributed by atoms with Crippen molar-refractivity contribution in [2.75, 3.05) is 11.9 Å². The number of fused-ring (bicyclic) bond motifs is 1. The van der Waals surface area contributed by atoms with Crippen LogP contribution >= 0.6 is 0 Å². The maximum Gasteiger partial charge on any atom is 0.573 e. The fourth-order valence-corrected chi connectivity index (χ4v) is 3.17.